The Labute approximate surface area is 166 Å². The zero-order valence-corrected chi connectivity index (χ0v) is 16.1. The second-order valence-corrected chi connectivity index (χ2v) is 7.55. The fourth-order valence-corrected chi connectivity index (χ4v) is 4.21. The summed E-state index contributed by atoms with van der Waals surface area (Å²) in [6, 6.07) is 1.14. The van der Waals surface area contributed by atoms with E-state index in [2.05, 4.69) is 0 Å². The van der Waals surface area contributed by atoms with Gasteiger partial charge in [0.1, 0.15) is 12.2 Å². The summed E-state index contributed by atoms with van der Waals surface area (Å²) in [4.78, 5) is 25.8. The molecule has 6 nitrogen and oxygen atoms in total. The SMILES string of the molecule is C[C@H]1C[C@H](N)CN1c1c(F)cn2c(=O)c(C(=O)O)cc(C3CC3)c2c1CF.Cl. The monoisotopic (exact) mass is 413 g/mol. The number of fused-ring (bicyclic) bond motifs is 1. The summed E-state index contributed by atoms with van der Waals surface area (Å²) in [6.07, 6.45) is 3.31. The van der Waals surface area contributed by atoms with Crippen molar-refractivity contribution in [3.05, 3.63) is 45.1 Å². The van der Waals surface area contributed by atoms with Gasteiger partial charge in [-0.15, -0.1) is 12.4 Å². The van der Waals surface area contributed by atoms with Crippen LogP contribution in [0.3, 0.4) is 0 Å². The van der Waals surface area contributed by atoms with Crippen molar-refractivity contribution in [1.29, 1.82) is 0 Å². The van der Waals surface area contributed by atoms with Crippen molar-refractivity contribution in [2.75, 3.05) is 11.4 Å². The number of hydrogen-bond donors (Lipinski definition) is 2. The molecule has 0 unspecified atom stereocenters. The molecule has 3 heterocycles. The van der Waals surface area contributed by atoms with Crippen LogP contribution in [0.15, 0.2) is 17.1 Å². The normalized spacial score (nSPS) is 21.8. The lowest BCUT2D eigenvalue weighted by Gasteiger charge is -2.28. The van der Waals surface area contributed by atoms with E-state index in [4.69, 9.17) is 5.73 Å². The first-order chi connectivity index (χ1) is 12.8. The number of hydrogen-bond acceptors (Lipinski definition) is 4. The first-order valence-electron chi connectivity index (χ1n) is 9.05. The largest absolute Gasteiger partial charge is 0.477 e. The predicted molar refractivity (Wildman–Crippen MR) is 104 cm³/mol. The number of rotatable bonds is 4. The summed E-state index contributed by atoms with van der Waals surface area (Å²) < 4.78 is 30.2. The van der Waals surface area contributed by atoms with E-state index in [1.807, 2.05) is 6.92 Å². The van der Waals surface area contributed by atoms with E-state index in [9.17, 15) is 19.1 Å². The molecule has 1 aliphatic heterocycles. The molecule has 2 atom stereocenters. The second kappa shape index (κ2) is 7.33. The fraction of sp³-hybridized carbons (Fsp3) is 0.474. The highest BCUT2D eigenvalue weighted by Gasteiger charge is 2.34. The Bertz CT molecular complexity index is 1010. The van der Waals surface area contributed by atoms with Gasteiger partial charge in [0.2, 0.25) is 0 Å². The number of carboxylic acids is 1. The third kappa shape index (κ3) is 3.14. The molecular formula is C19H22ClF2N3O3. The third-order valence-electron chi connectivity index (χ3n) is 5.58. The van der Waals surface area contributed by atoms with E-state index in [-0.39, 0.29) is 41.7 Å². The molecular weight excluding hydrogens is 392 g/mol. The Hall–Kier alpha value is -2.19. The van der Waals surface area contributed by atoms with Gasteiger partial charge in [0.25, 0.3) is 5.56 Å². The van der Waals surface area contributed by atoms with Gasteiger partial charge in [-0.25, -0.2) is 13.6 Å². The molecule has 0 aromatic carbocycles. The van der Waals surface area contributed by atoms with Gasteiger partial charge in [-0.1, -0.05) is 0 Å². The first-order valence-corrected chi connectivity index (χ1v) is 9.05. The van der Waals surface area contributed by atoms with Crippen LogP contribution in [0.2, 0.25) is 0 Å². The molecule has 0 spiro atoms. The number of pyridine rings is 2. The average Bonchev–Trinajstić information content (AvgIpc) is 3.39. The zero-order valence-electron chi connectivity index (χ0n) is 15.3. The van der Waals surface area contributed by atoms with Gasteiger partial charge in [0.05, 0.1) is 17.4 Å². The maximum Gasteiger partial charge on any atom is 0.341 e. The summed E-state index contributed by atoms with van der Waals surface area (Å²) in [5.41, 5.74) is 5.82. The number of nitrogens with two attached hydrogens (primary N) is 1. The van der Waals surface area contributed by atoms with Crippen molar-refractivity contribution >= 4 is 29.6 Å². The Morgan fingerprint density at radius 3 is 2.57 bits per heavy atom. The molecule has 2 fully saturated rings. The van der Waals surface area contributed by atoms with Crippen molar-refractivity contribution in [1.82, 2.24) is 4.40 Å². The molecule has 9 heteroatoms. The maximum absolute atomic E-state index is 15.0. The number of aromatic carboxylic acids is 1. The predicted octanol–water partition coefficient (Wildman–Crippen LogP) is 2.83. The molecule has 0 amide bonds. The quantitative estimate of drug-likeness (QED) is 0.804. The van der Waals surface area contributed by atoms with Crippen LogP contribution in [0.4, 0.5) is 14.5 Å². The average molecular weight is 414 g/mol. The van der Waals surface area contributed by atoms with Crippen molar-refractivity contribution in [3.8, 4) is 0 Å². The Morgan fingerprint density at radius 2 is 2.07 bits per heavy atom. The molecule has 2 aromatic rings. The highest BCUT2D eigenvalue weighted by Crippen LogP contribution is 2.44. The minimum absolute atomic E-state index is 0. The fourth-order valence-electron chi connectivity index (χ4n) is 4.21. The Morgan fingerprint density at radius 1 is 1.39 bits per heavy atom. The molecule has 2 aromatic heterocycles. The van der Waals surface area contributed by atoms with Crippen LogP contribution in [0.1, 0.15) is 53.6 Å². The standard InChI is InChI=1S/C19H21F2N3O3.ClH/c1-9-4-11(22)7-23(9)17-14(6-20)16-12(10-2-3-10)5-13(19(26)27)18(25)24(16)8-15(17)21;/h5,8-11H,2-4,6-7,22H2,1H3,(H,26,27);1H/t9-,11-;/m0./s1. The van der Waals surface area contributed by atoms with Crippen molar-refractivity contribution in [2.24, 2.45) is 5.73 Å². The Kier molecular flexibility index (Phi) is 5.38. The zero-order chi connectivity index (χ0) is 19.5. The second-order valence-electron chi connectivity index (χ2n) is 7.55. The number of carboxylic acid groups (broad SMARTS) is 1. The highest BCUT2D eigenvalue weighted by atomic mass is 35.5. The number of aromatic nitrogens is 1. The van der Waals surface area contributed by atoms with Crippen LogP contribution in [0, 0.1) is 5.82 Å². The number of anilines is 1. The van der Waals surface area contributed by atoms with E-state index in [1.54, 1.807) is 4.90 Å². The molecule has 0 radical (unpaired) electrons. The van der Waals surface area contributed by atoms with Gasteiger partial charge in [0.15, 0.2) is 5.82 Å². The maximum atomic E-state index is 15.0. The molecule has 0 bridgehead atoms. The van der Waals surface area contributed by atoms with Gasteiger partial charge in [-0.2, -0.15) is 0 Å². The van der Waals surface area contributed by atoms with Crippen LogP contribution < -0.4 is 16.2 Å². The summed E-state index contributed by atoms with van der Waals surface area (Å²) in [5, 5.41) is 9.34. The smallest absolute Gasteiger partial charge is 0.341 e. The topological polar surface area (TPSA) is 88.0 Å². The van der Waals surface area contributed by atoms with E-state index >= 15 is 4.39 Å². The lowest BCUT2D eigenvalue weighted by molar-refractivity contribution is 0.0694. The van der Waals surface area contributed by atoms with E-state index in [0.29, 0.717) is 24.0 Å². The van der Waals surface area contributed by atoms with Crippen LogP contribution >= 0.6 is 12.4 Å². The van der Waals surface area contributed by atoms with Crippen LogP contribution in [-0.2, 0) is 6.67 Å². The van der Waals surface area contributed by atoms with Crippen LogP contribution in [0.25, 0.3) is 5.52 Å². The summed E-state index contributed by atoms with van der Waals surface area (Å²) in [7, 11) is 0. The van der Waals surface area contributed by atoms with Gasteiger partial charge in [-0.3, -0.25) is 9.20 Å². The molecule has 152 valence electrons. The lowest BCUT2D eigenvalue weighted by Crippen LogP contribution is -2.32. The summed E-state index contributed by atoms with van der Waals surface area (Å²) in [5.74, 6) is -2.07. The van der Waals surface area contributed by atoms with Gasteiger partial charge in [0, 0.05) is 24.2 Å². The third-order valence-corrected chi connectivity index (χ3v) is 5.58. The number of nitrogens with zero attached hydrogens (tertiary/aromatic N) is 2. The van der Waals surface area contributed by atoms with Crippen molar-refractivity contribution in [2.45, 2.75) is 50.9 Å². The highest BCUT2D eigenvalue weighted by molar-refractivity contribution is 5.89. The van der Waals surface area contributed by atoms with E-state index in [1.165, 1.54) is 6.07 Å². The van der Waals surface area contributed by atoms with E-state index < -0.39 is 29.6 Å². The molecule has 2 aliphatic rings. The Balaban J connectivity index is 0.00000225. The van der Waals surface area contributed by atoms with Crippen molar-refractivity contribution < 1.29 is 18.7 Å². The molecule has 1 saturated carbocycles. The van der Waals surface area contributed by atoms with Gasteiger partial charge < -0.3 is 15.7 Å². The molecule has 1 aliphatic carbocycles. The minimum Gasteiger partial charge on any atom is -0.477 e. The van der Waals surface area contributed by atoms with Gasteiger partial charge in [-0.05, 0) is 43.7 Å². The van der Waals surface area contributed by atoms with Gasteiger partial charge >= 0.3 is 5.97 Å². The molecule has 4 rings (SSSR count). The number of halogens is 3. The summed E-state index contributed by atoms with van der Waals surface area (Å²) in [6.45, 7) is 1.35. The molecule has 28 heavy (non-hydrogen) atoms. The van der Waals surface area contributed by atoms with E-state index in [0.717, 1.165) is 23.4 Å². The van der Waals surface area contributed by atoms with Crippen molar-refractivity contribution in [3.63, 3.8) is 0 Å². The number of carbonyl (C=O) groups is 1. The molecule has 1 saturated heterocycles. The van der Waals surface area contributed by atoms with Crippen LogP contribution in [0.5, 0.6) is 0 Å². The lowest BCUT2D eigenvalue weighted by atomic mass is 10.0. The van der Waals surface area contributed by atoms with Crippen LogP contribution in [-0.4, -0.2) is 34.1 Å². The number of alkyl halides is 1. The summed E-state index contributed by atoms with van der Waals surface area (Å²) >= 11 is 0. The molecule has 3 N–H and O–H groups in total. The first kappa shape index (κ1) is 20.5. The minimum atomic E-state index is -1.37.